The van der Waals surface area contributed by atoms with E-state index in [1.807, 2.05) is 11.8 Å². The van der Waals surface area contributed by atoms with Gasteiger partial charge in [-0.1, -0.05) is 6.92 Å². The molecule has 0 unspecified atom stereocenters. The van der Waals surface area contributed by atoms with Gasteiger partial charge in [0, 0.05) is 13.1 Å². The third-order valence-corrected chi connectivity index (χ3v) is 2.30. The fourth-order valence-corrected chi connectivity index (χ4v) is 1.55. The van der Waals surface area contributed by atoms with E-state index < -0.39 is 5.97 Å². The van der Waals surface area contributed by atoms with Crippen LogP contribution in [0.15, 0.2) is 0 Å². The van der Waals surface area contributed by atoms with Crippen molar-refractivity contribution < 1.29 is 15.0 Å². The van der Waals surface area contributed by atoms with Crippen LogP contribution in [0, 0.1) is 5.92 Å². The van der Waals surface area contributed by atoms with Crippen molar-refractivity contribution >= 4 is 5.97 Å². The minimum atomic E-state index is -0.793. The molecule has 0 radical (unpaired) electrons. The van der Waals surface area contributed by atoms with Crippen LogP contribution in [0.2, 0.25) is 0 Å². The van der Waals surface area contributed by atoms with Crippen LogP contribution in [0.3, 0.4) is 0 Å². The summed E-state index contributed by atoms with van der Waals surface area (Å²) in [5.41, 5.74) is 0. The first-order valence-corrected chi connectivity index (χ1v) is 4.22. The zero-order valence-electron chi connectivity index (χ0n) is 7.23. The molecule has 2 atom stereocenters. The Bertz CT molecular complexity index is 172. The number of carboxylic acid groups (broad SMARTS) is 1. The average Bonchev–Trinajstić information content (AvgIpc) is 1.96. The van der Waals surface area contributed by atoms with E-state index >= 15 is 0 Å². The first-order chi connectivity index (χ1) is 5.59. The number of rotatable bonds is 2. The third kappa shape index (κ3) is 2.46. The summed E-state index contributed by atoms with van der Waals surface area (Å²) in [5.74, 6) is -0.600. The second-order valence-corrected chi connectivity index (χ2v) is 3.46. The number of aliphatic hydroxyl groups excluding tert-OH is 1. The maximum atomic E-state index is 10.4. The van der Waals surface area contributed by atoms with Gasteiger partial charge in [0.1, 0.15) is 0 Å². The number of nitrogens with zero attached hydrogens (tertiary/aromatic N) is 1. The van der Waals surface area contributed by atoms with E-state index in [9.17, 15) is 9.90 Å². The lowest BCUT2D eigenvalue weighted by Gasteiger charge is -2.33. The number of hydrogen-bond donors (Lipinski definition) is 2. The normalized spacial score (nSPS) is 31.8. The molecule has 12 heavy (non-hydrogen) atoms. The molecule has 0 bridgehead atoms. The number of aliphatic carboxylic acids is 1. The molecule has 1 fully saturated rings. The molecule has 0 aliphatic carbocycles. The van der Waals surface area contributed by atoms with Crippen molar-refractivity contribution in [1.29, 1.82) is 0 Å². The highest BCUT2D eigenvalue weighted by Gasteiger charge is 2.24. The van der Waals surface area contributed by atoms with Gasteiger partial charge >= 0.3 is 5.97 Å². The molecule has 2 N–H and O–H groups in total. The van der Waals surface area contributed by atoms with Crippen LogP contribution in [0.25, 0.3) is 0 Å². The lowest BCUT2D eigenvalue weighted by molar-refractivity contribution is -0.139. The minimum Gasteiger partial charge on any atom is -0.480 e. The molecule has 1 saturated heterocycles. The highest BCUT2D eigenvalue weighted by molar-refractivity contribution is 5.69. The summed E-state index contributed by atoms with van der Waals surface area (Å²) >= 11 is 0. The molecule has 0 aromatic rings. The number of carbonyl (C=O) groups is 1. The smallest absolute Gasteiger partial charge is 0.317 e. The van der Waals surface area contributed by atoms with E-state index in [1.54, 1.807) is 0 Å². The lowest BCUT2D eigenvalue weighted by atomic mass is 9.97. The zero-order chi connectivity index (χ0) is 9.14. The average molecular weight is 173 g/mol. The van der Waals surface area contributed by atoms with Crippen molar-refractivity contribution in [3.63, 3.8) is 0 Å². The SMILES string of the molecule is C[C@@H]1CN(CC(=O)O)CC[C@@H]1O. The number of piperidine rings is 1. The second-order valence-electron chi connectivity index (χ2n) is 3.46. The standard InChI is InChI=1S/C8H15NO3/c1-6-4-9(5-8(11)12)3-2-7(6)10/h6-7,10H,2-5H2,1H3,(H,11,12)/t6-,7+/m1/s1. The maximum absolute atomic E-state index is 10.4. The molecule has 1 aliphatic rings. The molecule has 0 aromatic carbocycles. The van der Waals surface area contributed by atoms with Gasteiger partial charge < -0.3 is 10.2 Å². The highest BCUT2D eigenvalue weighted by Crippen LogP contribution is 2.15. The van der Waals surface area contributed by atoms with E-state index in [1.165, 1.54) is 0 Å². The Morgan fingerprint density at radius 3 is 2.83 bits per heavy atom. The Kier molecular flexibility index (Phi) is 3.05. The van der Waals surface area contributed by atoms with Gasteiger partial charge in [-0.3, -0.25) is 9.69 Å². The van der Waals surface area contributed by atoms with Crippen LogP contribution in [0.5, 0.6) is 0 Å². The highest BCUT2D eigenvalue weighted by atomic mass is 16.4. The second kappa shape index (κ2) is 3.87. The van der Waals surface area contributed by atoms with Gasteiger partial charge in [-0.05, 0) is 12.3 Å². The Hall–Kier alpha value is -0.610. The lowest BCUT2D eigenvalue weighted by Crippen LogP contribution is -2.43. The summed E-state index contributed by atoms with van der Waals surface area (Å²) in [4.78, 5) is 12.2. The number of carboxylic acids is 1. The van der Waals surface area contributed by atoms with Crippen molar-refractivity contribution in [1.82, 2.24) is 4.90 Å². The van der Waals surface area contributed by atoms with E-state index in [4.69, 9.17) is 5.11 Å². The van der Waals surface area contributed by atoms with Crippen molar-refractivity contribution in [2.45, 2.75) is 19.4 Å². The predicted octanol–water partition coefficient (Wildman–Crippen LogP) is -0.226. The quantitative estimate of drug-likeness (QED) is 0.605. The van der Waals surface area contributed by atoms with Gasteiger partial charge in [0.2, 0.25) is 0 Å². The van der Waals surface area contributed by atoms with Gasteiger partial charge in [-0.2, -0.15) is 0 Å². The molecule has 1 aliphatic heterocycles. The minimum absolute atomic E-state index is 0.0943. The van der Waals surface area contributed by atoms with E-state index in [0.717, 1.165) is 0 Å². The largest absolute Gasteiger partial charge is 0.480 e. The van der Waals surface area contributed by atoms with Crippen molar-refractivity contribution in [3.8, 4) is 0 Å². The van der Waals surface area contributed by atoms with Gasteiger partial charge in [0.05, 0.1) is 12.6 Å². The summed E-state index contributed by atoms with van der Waals surface area (Å²) in [5, 5.41) is 17.9. The summed E-state index contributed by atoms with van der Waals surface area (Å²) in [6, 6.07) is 0. The maximum Gasteiger partial charge on any atom is 0.317 e. The summed E-state index contributed by atoms with van der Waals surface area (Å²) < 4.78 is 0. The molecule has 0 amide bonds. The van der Waals surface area contributed by atoms with E-state index in [0.29, 0.717) is 19.5 Å². The fourth-order valence-electron chi connectivity index (χ4n) is 1.55. The Labute approximate surface area is 71.8 Å². The monoisotopic (exact) mass is 173 g/mol. The molecule has 0 aromatic heterocycles. The zero-order valence-corrected chi connectivity index (χ0v) is 7.23. The van der Waals surface area contributed by atoms with Crippen molar-refractivity contribution in [2.24, 2.45) is 5.92 Å². The molecular weight excluding hydrogens is 158 g/mol. The Morgan fingerprint density at radius 1 is 1.67 bits per heavy atom. The molecule has 70 valence electrons. The predicted molar refractivity (Wildman–Crippen MR) is 43.9 cm³/mol. The van der Waals surface area contributed by atoms with Crippen LogP contribution in [0.1, 0.15) is 13.3 Å². The van der Waals surface area contributed by atoms with Crippen molar-refractivity contribution in [2.75, 3.05) is 19.6 Å². The van der Waals surface area contributed by atoms with Crippen LogP contribution in [-0.4, -0.2) is 46.8 Å². The van der Waals surface area contributed by atoms with E-state index in [-0.39, 0.29) is 18.6 Å². The molecule has 4 nitrogen and oxygen atoms in total. The fraction of sp³-hybridized carbons (Fsp3) is 0.875. The van der Waals surface area contributed by atoms with Gasteiger partial charge in [0.15, 0.2) is 0 Å². The van der Waals surface area contributed by atoms with Crippen LogP contribution in [0.4, 0.5) is 0 Å². The first-order valence-electron chi connectivity index (χ1n) is 4.22. The number of hydrogen-bond acceptors (Lipinski definition) is 3. The van der Waals surface area contributed by atoms with Gasteiger partial charge in [-0.25, -0.2) is 0 Å². The van der Waals surface area contributed by atoms with Gasteiger partial charge in [-0.15, -0.1) is 0 Å². The first kappa shape index (κ1) is 9.48. The number of aliphatic hydroxyl groups is 1. The van der Waals surface area contributed by atoms with Crippen molar-refractivity contribution in [3.05, 3.63) is 0 Å². The molecular formula is C8H15NO3. The molecule has 0 saturated carbocycles. The molecule has 1 heterocycles. The molecule has 4 heteroatoms. The Balaban J connectivity index is 2.35. The van der Waals surface area contributed by atoms with Crippen LogP contribution >= 0.6 is 0 Å². The third-order valence-electron chi connectivity index (χ3n) is 2.30. The summed E-state index contributed by atoms with van der Waals surface area (Å²) in [6.45, 7) is 3.42. The molecule has 1 rings (SSSR count). The van der Waals surface area contributed by atoms with Crippen LogP contribution in [-0.2, 0) is 4.79 Å². The van der Waals surface area contributed by atoms with E-state index in [2.05, 4.69) is 0 Å². The summed E-state index contributed by atoms with van der Waals surface area (Å²) in [7, 11) is 0. The topological polar surface area (TPSA) is 60.8 Å². The number of likely N-dealkylation sites (tertiary alicyclic amines) is 1. The van der Waals surface area contributed by atoms with Crippen LogP contribution < -0.4 is 0 Å². The Morgan fingerprint density at radius 2 is 2.33 bits per heavy atom. The molecule has 0 spiro atoms. The summed E-state index contributed by atoms with van der Waals surface area (Å²) in [6.07, 6.45) is 0.434. The van der Waals surface area contributed by atoms with Gasteiger partial charge in [0.25, 0.3) is 0 Å².